The monoisotopic (exact) mass is 215 g/mol. The lowest BCUT2D eigenvalue weighted by Gasteiger charge is -2.20. The first kappa shape index (κ1) is 13.9. The molecule has 0 spiro atoms. The van der Waals surface area contributed by atoms with E-state index in [9.17, 15) is 9.59 Å². The molecular formula is C10H21N3O2. The van der Waals surface area contributed by atoms with Gasteiger partial charge in [-0.25, -0.2) is 0 Å². The van der Waals surface area contributed by atoms with Gasteiger partial charge in [-0.2, -0.15) is 0 Å². The van der Waals surface area contributed by atoms with E-state index in [1.54, 1.807) is 13.8 Å². The number of hydrogen-bond acceptors (Lipinski definition) is 3. The number of carbonyl (C=O) groups is 2. The van der Waals surface area contributed by atoms with Gasteiger partial charge in [0.05, 0.1) is 12.0 Å². The van der Waals surface area contributed by atoms with Crippen molar-refractivity contribution >= 4 is 11.8 Å². The maximum absolute atomic E-state index is 11.2. The van der Waals surface area contributed by atoms with Gasteiger partial charge >= 0.3 is 0 Å². The normalized spacial score (nSPS) is 11.1. The first-order valence-electron chi connectivity index (χ1n) is 5.17. The van der Waals surface area contributed by atoms with Crippen LogP contribution in [0.1, 0.15) is 27.2 Å². The number of primary amides is 1. The molecule has 0 unspecified atom stereocenters. The Bertz CT molecular complexity index is 227. The Balaban J connectivity index is 3.70. The molecule has 0 atom stereocenters. The molecule has 0 aromatic carbocycles. The zero-order valence-electron chi connectivity index (χ0n) is 9.72. The van der Waals surface area contributed by atoms with E-state index in [-0.39, 0.29) is 18.4 Å². The summed E-state index contributed by atoms with van der Waals surface area (Å²) in [7, 11) is 0. The summed E-state index contributed by atoms with van der Waals surface area (Å²) in [6, 6.07) is 0. The Morgan fingerprint density at radius 3 is 2.40 bits per heavy atom. The van der Waals surface area contributed by atoms with Gasteiger partial charge in [-0.15, -0.1) is 0 Å². The number of amides is 2. The molecule has 0 aromatic rings. The van der Waals surface area contributed by atoms with Gasteiger partial charge in [-0.3, -0.25) is 9.59 Å². The van der Waals surface area contributed by atoms with E-state index in [4.69, 9.17) is 5.73 Å². The second kappa shape index (κ2) is 6.40. The summed E-state index contributed by atoms with van der Waals surface area (Å²) >= 11 is 0. The SMILES string of the molecule is CCCNC(=O)CNCC(C)(C)C(N)=O. The zero-order valence-corrected chi connectivity index (χ0v) is 9.72. The van der Waals surface area contributed by atoms with Gasteiger partial charge < -0.3 is 16.4 Å². The highest BCUT2D eigenvalue weighted by Gasteiger charge is 2.24. The van der Waals surface area contributed by atoms with Crippen LogP contribution in [0.5, 0.6) is 0 Å². The summed E-state index contributed by atoms with van der Waals surface area (Å²) in [6.45, 7) is 6.78. The molecule has 0 saturated heterocycles. The van der Waals surface area contributed by atoms with E-state index in [2.05, 4.69) is 10.6 Å². The molecule has 0 heterocycles. The highest BCUT2D eigenvalue weighted by atomic mass is 16.2. The largest absolute Gasteiger partial charge is 0.369 e. The van der Waals surface area contributed by atoms with Crippen molar-refractivity contribution in [2.45, 2.75) is 27.2 Å². The fourth-order valence-corrected chi connectivity index (χ4v) is 0.903. The van der Waals surface area contributed by atoms with E-state index in [1.807, 2.05) is 6.92 Å². The molecule has 0 aliphatic heterocycles. The Labute approximate surface area is 90.8 Å². The number of nitrogens with two attached hydrogens (primary N) is 1. The van der Waals surface area contributed by atoms with Crippen LogP contribution < -0.4 is 16.4 Å². The molecule has 0 aromatic heterocycles. The van der Waals surface area contributed by atoms with Crippen molar-refractivity contribution in [3.63, 3.8) is 0 Å². The van der Waals surface area contributed by atoms with Gasteiger partial charge in [-0.1, -0.05) is 6.92 Å². The van der Waals surface area contributed by atoms with Gasteiger partial charge in [0.2, 0.25) is 11.8 Å². The van der Waals surface area contributed by atoms with E-state index in [0.29, 0.717) is 13.1 Å². The number of nitrogens with one attached hydrogen (secondary N) is 2. The second-order valence-corrected chi connectivity index (χ2v) is 4.20. The van der Waals surface area contributed by atoms with Crippen molar-refractivity contribution in [1.82, 2.24) is 10.6 Å². The first-order valence-corrected chi connectivity index (χ1v) is 5.17. The van der Waals surface area contributed by atoms with Crippen molar-refractivity contribution in [3.8, 4) is 0 Å². The predicted molar refractivity (Wildman–Crippen MR) is 59.1 cm³/mol. The third-order valence-corrected chi connectivity index (χ3v) is 2.09. The van der Waals surface area contributed by atoms with Crippen molar-refractivity contribution < 1.29 is 9.59 Å². The minimum Gasteiger partial charge on any atom is -0.369 e. The highest BCUT2D eigenvalue weighted by molar-refractivity contribution is 5.80. The van der Waals surface area contributed by atoms with Gasteiger partial charge in [0, 0.05) is 13.1 Å². The molecule has 0 saturated carbocycles. The fraction of sp³-hybridized carbons (Fsp3) is 0.800. The standard InChI is InChI=1S/C10H21N3O2/c1-4-5-13-8(14)6-12-7-10(2,3)9(11)15/h12H,4-7H2,1-3H3,(H2,11,15)(H,13,14). The third kappa shape index (κ3) is 6.06. The smallest absolute Gasteiger partial charge is 0.233 e. The molecule has 0 aliphatic rings. The molecule has 15 heavy (non-hydrogen) atoms. The van der Waals surface area contributed by atoms with E-state index < -0.39 is 5.41 Å². The van der Waals surface area contributed by atoms with Crippen LogP contribution >= 0.6 is 0 Å². The molecule has 0 radical (unpaired) electrons. The summed E-state index contributed by atoms with van der Waals surface area (Å²) in [5.41, 5.74) is 4.57. The van der Waals surface area contributed by atoms with Crippen LogP contribution in [0.15, 0.2) is 0 Å². The molecule has 0 fully saturated rings. The van der Waals surface area contributed by atoms with Crippen molar-refractivity contribution in [3.05, 3.63) is 0 Å². The van der Waals surface area contributed by atoms with Gasteiger partial charge in [0.25, 0.3) is 0 Å². The van der Waals surface area contributed by atoms with E-state index >= 15 is 0 Å². The van der Waals surface area contributed by atoms with Crippen LogP contribution in [0, 0.1) is 5.41 Å². The first-order chi connectivity index (χ1) is 6.90. The minimum absolute atomic E-state index is 0.0582. The van der Waals surface area contributed by atoms with Gasteiger partial charge in [0.1, 0.15) is 0 Å². The van der Waals surface area contributed by atoms with Crippen molar-refractivity contribution in [2.75, 3.05) is 19.6 Å². The van der Waals surface area contributed by atoms with Crippen LogP contribution in [0.4, 0.5) is 0 Å². The zero-order chi connectivity index (χ0) is 11.9. The molecular weight excluding hydrogens is 194 g/mol. The molecule has 5 heteroatoms. The summed E-state index contributed by atoms with van der Waals surface area (Å²) in [6.07, 6.45) is 0.915. The second-order valence-electron chi connectivity index (χ2n) is 4.20. The topological polar surface area (TPSA) is 84.2 Å². The molecule has 0 bridgehead atoms. The maximum Gasteiger partial charge on any atom is 0.233 e. The van der Waals surface area contributed by atoms with Crippen LogP contribution in [0.2, 0.25) is 0 Å². The Hall–Kier alpha value is -1.10. The van der Waals surface area contributed by atoms with Gasteiger partial charge in [-0.05, 0) is 20.3 Å². The lowest BCUT2D eigenvalue weighted by molar-refractivity contribution is -0.126. The quantitative estimate of drug-likeness (QED) is 0.541. The van der Waals surface area contributed by atoms with Crippen LogP contribution in [0.3, 0.4) is 0 Å². The van der Waals surface area contributed by atoms with Crippen LogP contribution in [-0.2, 0) is 9.59 Å². The average Bonchev–Trinajstić information content (AvgIpc) is 2.14. The minimum atomic E-state index is -0.620. The van der Waals surface area contributed by atoms with Crippen molar-refractivity contribution in [2.24, 2.45) is 11.1 Å². The molecule has 2 amide bonds. The average molecular weight is 215 g/mol. The van der Waals surface area contributed by atoms with Crippen molar-refractivity contribution in [1.29, 1.82) is 0 Å². The summed E-state index contributed by atoms with van der Waals surface area (Å²) in [5, 5.41) is 5.63. The fourth-order valence-electron chi connectivity index (χ4n) is 0.903. The molecule has 88 valence electrons. The predicted octanol–water partition coefficient (Wildman–Crippen LogP) is -0.386. The summed E-state index contributed by atoms with van der Waals surface area (Å²) < 4.78 is 0. The third-order valence-electron chi connectivity index (χ3n) is 2.09. The summed E-state index contributed by atoms with van der Waals surface area (Å²) in [5.74, 6) is -0.430. The Morgan fingerprint density at radius 1 is 1.33 bits per heavy atom. The molecule has 5 nitrogen and oxygen atoms in total. The lowest BCUT2D eigenvalue weighted by atomic mass is 9.93. The Morgan fingerprint density at radius 2 is 1.93 bits per heavy atom. The number of carbonyl (C=O) groups excluding carboxylic acids is 2. The van der Waals surface area contributed by atoms with E-state index in [0.717, 1.165) is 6.42 Å². The maximum atomic E-state index is 11.2. The lowest BCUT2D eigenvalue weighted by Crippen LogP contribution is -2.43. The molecule has 0 rings (SSSR count). The number of rotatable bonds is 7. The van der Waals surface area contributed by atoms with Crippen LogP contribution in [-0.4, -0.2) is 31.4 Å². The highest BCUT2D eigenvalue weighted by Crippen LogP contribution is 2.11. The molecule has 4 N–H and O–H groups in total. The number of hydrogen-bond donors (Lipinski definition) is 3. The van der Waals surface area contributed by atoms with E-state index in [1.165, 1.54) is 0 Å². The van der Waals surface area contributed by atoms with Gasteiger partial charge in [0.15, 0.2) is 0 Å². The van der Waals surface area contributed by atoms with Crippen LogP contribution in [0.25, 0.3) is 0 Å². The Kier molecular flexibility index (Phi) is 5.93. The summed E-state index contributed by atoms with van der Waals surface area (Å²) in [4.78, 5) is 22.1. The molecule has 0 aliphatic carbocycles.